The molecule has 3 nitrogen and oxygen atoms in total. The summed E-state index contributed by atoms with van der Waals surface area (Å²) in [7, 11) is 2.03. The van der Waals surface area contributed by atoms with E-state index in [0.717, 1.165) is 30.2 Å². The first kappa shape index (κ1) is 13.6. The summed E-state index contributed by atoms with van der Waals surface area (Å²) >= 11 is 7.93. The molecule has 0 aliphatic heterocycles. The van der Waals surface area contributed by atoms with Gasteiger partial charge in [-0.05, 0) is 24.4 Å². The van der Waals surface area contributed by atoms with Gasteiger partial charge in [-0.3, -0.25) is 0 Å². The monoisotopic (exact) mass is 283 g/mol. The normalized spacial score (nSPS) is 12.8. The Bertz CT molecular complexity index is 492. The average Bonchev–Trinajstić information content (AvgIpc) is 2.94. The molecule has 0 bridgehead atoms. The van der Waals surface area contributed by atoms with Crippen LogP contribution in [0.2, 0.25) is 5.02 Å². The first-order chi connectivity index (χ1) is 8.72. The highest BCUT2D eigenvalue weighted by atomic mass is 35.5. The van der Waals surface area contributed by atoms with E-state index in [1.165, 1.54) is 4.88 Å². The lowest BCUT2D eigenvalue weighted by atomic mass is 10.1. The second kappa shape index (κ2) is 6.36. The van der Waals surface area contributed by atoms with E-state index in [2.05, 4.69) is 21.8 Å². The Kier molecular flexibility index (Phi) is 4.80. The van der Waals surface area contributed by atoms with Gasteiger partial charge in [-0.2, -0.15) is 0 Å². The molecule has 2 rings (SSSR count). The number of hydrogen-bond donors (Lipinski definition) is 1. The molecule has 1 unspecified atom stereocenters. The van der Waals surface area contributed by atoms with Crippen LogP contribution in [0.4, 0.5) is 0 Å². The van der Waals surface area contributed by atoms with E-state index in [1.807, 2.05) is 30.9 Å². The number of rotatable bonds is 6. The van der Waals surface area contributed by atoms with Crippen LogP contribution in [0.3, 0.4) is 0 Å². The van der Waals surface area contributed by atoms with Crippen molar-refractivity contribution in [3.05, 3.63) is 39.6 Å². The maximum atomic E-state index is 6.21. The van der Waals surface area contributed by atoms with Crippen LogP contribution in [0.25, 0.3) is 0 Å². The Hall–Kier alpha value is -0.840. The molecular weight excluding hydrogens is 266 g/mol. The summed E-state index contributed by atoms with van der Waals surface area (Å²) in [5.41, 5.74) is 0. The smallest absolute Gasteiger partial charge is 0.108 e. The van der Waals surface area contributed by atoms with Gasteiger partial charge in [0.15, 0.2) is 0 Å². The third-order valence-corrected chi connectivity index (χ3v) is 4.46. The van der Waals surface area contributed by atoms with Crippen molar-refractivity contribution in [3.8, 4) is 0 Å². The number of aryl methyl sites for hydroxylation is 2. The predicted molar refractivity (Wildman–Crippen MR) is 77.3 cm³/mol. The molecule has 5 heteroatoms. The van der Waals surface area contributed by atoms with E-state index >= 15 is 0 Å². The van der Waals surface area contributed by atoms with E-state index in [0.29, 0.717) is 6.04 Å². The quantitative estimate of drug-likeness (QED) is 0.880. The maximum Gasteiger partial charge on any atom is 0.108 e. The summed E-state index contributed by atoms with van der Waals surface area (Å²) in [6.07, 6.45) is 5.79. The van der Waals surface area contributed by atoms with Gasteiger partial charge in [-0.25, -0.2) is 4.98 Å². The molecule has 0 aromatic carbocycles. The van der Waals surface area contributed by atoms with Gasteiger partial charge in [0, 0.05) is 36.8 Å². The molecule has 1 atom stereocenters. The highest BCUT2D eigenvalue weighted by Crippen LogP contribution is 2.31. The topological polar surface area (TPSA) is 29.9 Å². The predicted octanol–water partition coefficient (Wildman–Crippen LogP) is 3.42. The molecule has 0 amide bonds. The summed E-state index contributed by atoms with van der Waals surface area (Å²) in [5, 5.41) is 6.41. The number of thiophene rings is 1. The Morgan fingerprint density at radius 2 is 2.39 bits per heavy atom. The molecule has 98 valence electrons. The van der Waals surface area contributed by atoms with Crippen LogP contribution in [0.1, 0.15) is 30.1 Å². The molecule has 2 aromatic heterocycles. The first-order valence-electron chi connectivity index (χ1n) is 6.14. The number of aromatic nitrogens is 2. The Labute approximate surface area is 117 Å². The Balaban J connectivity index is 2.03. The van der Waals surface area contributed by atoms with E-state index < -0.39 is 0 Å². The van der Waals surface area contributed by atoms with Gasteiger partial charge in [-0.1, -0.05) is 18.5 Å². The van der Waals surface area contributed by atoms with Crippen LogP contribution in [0, 0.1) is 0 Å². The van der Waals surface area contributed by atoms with Crippen LogP contribution in [0.5, 0.6) is 0 Å². The van der Waals surface area contributed by atoms with Crippen molar-refractivity contribution in [3.63, 3.8) is 0 Å². The summed E-state index contributed by atoms with van der Waals surface area (Å²) in [6.45, 7) is 3.06. The van der Waals surface area contributed by atoms with Gasteiger partial charge >= 0.3 is 0 Å². The largest absolute Gasteiger partial charge is 0.338 e. The van der Waals surface area contributed by atoms with E-state index in [9.17, 15) is 0 Å². The van der Waals surface area contributed by atoms with Crippen molar-refractivity contribution in [2.24, 2.45) is 7.05 Å². The fourth-order valence-electron chi connectivity index (χ4n) is 2.04. The summed E-state index contributed by atoms with van der Waals surface area (Å²) in [6, 6.07) is 2.28. The molecule has 0 radical (unpaired) electrons. The maximum absolute atomic E-state index is 6.21. The van der Waals surface area contributed by atoms with E-state index in [-0.39, 0.29) is 0 Å². The first-order valence-corrected chi connectivity index (χ1v) is 7.40. The number of nitrogens with zero attached hydrogens (tertiary/aromatic N) is 2. The molecule has 2 aromatic rings. The zero-order chi connectivity index (χ0) is 13.0. The zero-order valence-electron chi connectivity index (χ0n) is 10.7. The summed E-state index contributed by atoms with van der Waals surface area (Å²) in [5.74, 6) is 1.12. The van der Waals surface area contributed by atoms with Crippen LogP contribution in [-0.2, 0) is 13.5 Å². The van der Waals surface area contributed by atoms with Gasteiger partial charge in [0.05, 0.1) is 5.02 Å². The molecular formula is C13H18ClN3S. The molecule has 0 fully saturated rings. The van der Waals surface area contributed by atoms with Crippen molar-refractivity contribution in [2.45, 2.75) is 25.8 Å². The SMILES string of the molecule is CCNC(CCc1nccn1C)c1sccc1Cl. The second-order valence-electron chi connectivity index (χ2n) is 4.24. The number of nitrogens with one attached hydrogen (secondary N) is 1. The number of hydrogen-bond acceptors (Lipinski definition) is 3. The van der Waals surface area contributed by atoms with Gasteiger partial charge < -0.3 is 9.88 Å². The lowest BCUT2D eigenvalue weighted by Gasteiger charge is -2.17. The van der Waals surface area contributed by atoms with Crippen LogP contribution < -0.4 is 5.32 Å². The molecule has 0 aliphatic carbocycles. The lowest BCUT2D eigenvalue weighted by Crippen LogP contribution is -2.21. The van der Waals surface area contributed by atoms with E-state index in [1.54, 1.807) is 11.3 Å². The minimum Gasteiger partial charge on any atom is -0.338 e. The molecule has 0 saturated heterocycles. The van der Waals surface area contributed by atoms with E-state index in [4.69, 9.17) is 11.6 Å². The van der Waals surface area contributed by atoms with Gasteiger partial charge in [-0.15, -0.1) is 11.3 Å². The highest BCUT2D eigenvalue weighted by molar-refractivity contribution is 7.10. The van der Waals surface area contributed by atoms with Crippen molar-refractivity contribution in [2.75, 3.05) is 6.54 Å². The average molecular weight is 284 g/mol. The molecule has 0 spiro atoms. The molecule has 0 aliphatic rings. The minimum absolute atomic E-state index is 0.319. The fraction of sp³-hybridized carbons (Fsp3) is 0.462. The standard InChI is InChI=1S/C13H18ClN3S/c1-3-15-11(13-10(14)6-9-18-13)4-5-12-16-7-8-17(12)2/h6-9,11,15H,3-5H2,1-2H3. The minimum atomic E-state index is 0.319. The second-order valence-corrected chi connectivity index (χ2v) is 5.59. The van der Waals surface area contributed by atoms with Crippen LogP contribution >= 0.6 is 22.9 Å². The zero-order valence-corrected chi connectivity index (χ0v) is 12.3. The van der Waals surface area contributed by atoms with Crippen LogP contribution in [0.15, 0.2) is 23.8 Å². The van der Waals surface area contributed by atoms with Crippen molar-refractivity contribution in [1.29, 1.82) is 0 Å². The third-order valence-electron chi connectivity index (χ3n) is 2.99. The van der Waals surface area contributed by atoms with Gasteiger partial charge in [0.2, 0.25) is 0 Å². The summed E-state index contributed by atoms with van der Waals surface area (Å²) in [4.78, 5) is 5.59. The van der Waals surface area contributed by atoms with Crippen molar-refractivity contribution < 1.29 is 0 Å². The highest BCUT2D eigenvalue weighted by Gasteiger charge is 2.16. The van der Waals surface area contributed by atoms with Crippen molar-refractivity contribution in [1.82, 2.24) is 14.9 Å². The third kappa shape index (κ3) is 3.13. The number of imidazole rings is 1. The fourth-order valence-corrected chi connectivity index (χ4v) is 3.34. The molecule has 1 N–H and O–H groups in total. The molecule has 2 heterocycles. The van der Waals surface area contributed by atoms with Crippen LogP contribution in [-0.4, -0.2) is 16.1 Å². The lowest BCUT2D eigenvalue weighted by molar-refractivity contribution is 0.513. The van der Waals surface area contributed by atoms with Gasteiger partial charge in [0.25, 0.3) is 0 Å². The summed E-state index contributed by atoms with van der Waals surface area (Å²) < 4.78 is 2.07. The molecule has 18 heavy (non-hydrogen) atoms. The Morgan fingerprint density at radius 1 is 1.56 bits per heavy atom. The van der Waals surface area contributed by atoms with Gasteiger partial charge in [0.1, 0.15) is 5.82 Å². The number of halogens is 1. The van der Waals surface area contributed by atoms with Crippen molar-refractivity contribution >= 4 is 22.9 Å². The Morgan fingerprint density at radius 3 is 2.94 bits per heavy atom. The molecule has 0 saturated carbocycles.